The number of thioether (sulfide) groups is 1. The van der Waals surface area contributed by atoms with E-state index in [1.807, 2.05) is 7.05 Å². The number of rotatable bonds is 4. The molecule has 0 unspecified atom stereocenters. The van der Waals surface area contributed by atoms with Gasteiger partial charge in [-0.1, -0.05) is 0 Å². The molecule has 5 nitrogen and oxygen atoms in total. The minimum absolute atomic E-state index is 0. The molecule has 0 spiro atoms. The van der Waals surface area contributed by atoms with Gasteiger partial charge < -0.3 is 20.0 Å². The van der Waals surface area contributed by atoms with Crippen LogP contribution in [0.3, 0.4) is 0 Å². The molecule has 0 amide bonds. The van der Waals surface area contributed by atoms with Crippen molar-refractivity contribution < 1.29 is 0 Å². The van der Waals surface area contributed by atoms with Crippen molar-refractivity contribution in [1.82, 2.24) is 20.0 Å². The van der Waals surface area contributed by atoms with E-state index < -0.39 is 0 Å². The second-order valence-electron chi connectivity index (χ2n) is 7.36. The Bertz CT molecular complexity index is 391. The smallest absolute Gasteiger partial charge is 0.193 e. The lowest BCUT2D eigenvalue weighted by atomic mass is 10.2. The highest BCUT2D eigenvalue weighted by Gasteiger charge is 2.28. The SMILES string of the molecule is CN=C(NCCCN1CCCN(C)CC1)N1CCSC(C)(C)C1.I. The van der Waals surface area contributed by atoms with Gasteiger partial charge in [0, 0.05) is 50.3 Å². The van der Waals surface area contributed by atoms with E-state index in [1.165, 1.54) is 51.3 Å². The van der Waals surface area contributed by atoms with Gasteiger partial charge in [0.25, 0.3) is 0 Å². The highest BCUT2D eigenvalue weighted by atomic mass is 127. The molecule has 0 aromatic carbocycles. The standard InChI is InChI=1S/C17H35N5S.HI/c1-17(2)15-22(13-14-23-17)16(18-3)19-7-5-9-21-10-6-8-20(4)11-12-21;/h5-15H2,1-4H3,(H,18,19);1H. The molecule has 2 aliphatic heterocycles. The number of hydrogen-bond donors (Lipinski definition) is 1. The van der Waals surface area contributed by atoms with Gasteiger partial charge >= 0.3 is 0 Å². The number of halogens is 1. The van der Waals surface area contributed by atoms with Crippen LogP contribution >= 0.6 is 35.7 Å². The zero-order valence-electron chi connectivity index (χ0n) is 15.9. The fourth-order valence-electron chi connectivity index (χ4n) is 3.36. The third kappa shape index (κ3) is 7.66. The molecule has 0 atom stereocenters. The summed E-state index contributed by atoms with van der Waals surface area (Å²) in [7, 11) is 4.13. The molecule has 142 valence electrons. The van der Waals surface area contributed by atoms with Crippen LogP contribution in [0, 0.1) is 0 Å². The summed E-state index contributed by atoms with van der Waals surface area (Å²) >= 11 is 2.07. The molecule has 24 heavy (non-hydrogen) atoms. The van der Waals surface area contributed by atoms with Gasteiger partial charge in [-0.15, -0.1) is 24.0 Å². The molecular weight excluding hydrogens is 433 g/mol. The Morgan fingerprint density at radius 1 is 1.17 bits per heavy atom. The minimum atomic E-state index is 0. The Morgan fingerprint density at radius 3 is 2.67 bits per heavy atom. The summed E-state index contributed by atoms with van der Waals surface area (Å²) < 4.78 is 0.327. The maximum absolute atomic E-state index is 4.49. The van der Waals surface area contributed by atoms with Gasteiger partial charge in [0.05, 0.1) is 0 Å². The molecule has 0 aromatic heterocycles. The van der Waals surface area contributed by atoms with Crippen molar-refractivity contribution in [2.75, 3.05) is 72.2 Å². The Morgan fingerprint density at radius 2 is 1.96 bits per heavy atom. The number of hydrogen-bond acceptors (Lipinski definition) is 4. The van der Waals surface area contributed by atoms with Crippen molar-refractivity contribution in [2.45, 2.75) is 31.4 Å². The molecule has 2 heterocycles. The zero-order chi connectivity index (χ0) is 16.7. The minimum Gasteiger partial charge on any atom is -0.356 e. The predicted molar refractivity (Wildman–Crippen MR) is 118 cm³/mol. The Kier molecular flexibility index (Phi) is 10.3. The molecule has 1 N–H and O–H groups in total. The van der Waals surface area contributed by atoms with Crippen molar-refractivity contribution in [2.24, 2.45) is 4.99 Å². The molecule has 0 aliphatic carbocycles. The lowest BCUT2D eigenvalue weighted by Gasteiger charge is -2.39. The van der Waals surface area contributed by atoms with Crippen molar-refractivity contribution in [3.8, 4) is 0 Å². The third-order valence-electron chi connectivity index (χ3n) is 4.68. The van der Waals surface area contributed by atoms with Crippen molar-refractivity contribution in [3.63, 3.8) is 0 Å². The lowest BCUT2D eigenvalue weighted by Crippen LogP contribution is -2.51. The monoisotopic (exact) mass is 469 g/mol. The van der Waals surface area contributed by atoms with Crippen molar-refractivity contribution in [1.29, 1.82) is 0 Å². The zero-order valence-corrected chi connectivity index (χ0v) is 19.0. The van der Waals surface area contributed by atoms with Gasteiger partial charge in [-0.2, -0.15) is 11.8 Å². The second kappa shape index (κ2) is 11.1. The molecule has 0 bridgehead atoms. The molecule has 2 aliphatic rings. The van der Waals surface area contributed by atoms with E-state index in [9.17, 15) is 0 Å². The van der Waals surface area contributed by atoms with Crippen molar-refractivity contribution in [3.05, 3.63) is 0 Å². The summed E-state index contributed by atoms with van der Waals surface area (Å²) in [6.45, 7) is 13.9. The number of likely N-dealkylation sites (N-methyl/N-ethyl adjacent to an activating group) is 1. The summed E-state index contributed by atoms with van der Waals surface area (Å²) in [4.78, 5) is 11.9. The van der Waals surface area contributed by atoms with Gasteiger partial charge in [0.15, 0.2) is 5.96 Å². The van der Waals surface area contributed by atoms with E-state index in [0.717, 1.165) is 25.6 Å². The Hall–Kier alpha value is 0.270. The van der Waals surface area contributed by atoms with Crippen LogP contribution in [0.1, 0.15) is 26.7 Å². The Balaban J connectivity index is 0.00000288. The number of nitrogens with zero attached hydrogens (tertiary/aromatic N) is 4. The fraction of sp³-hybridized carbons (Fsp3) is 0.941. The maximum atomic E-state index is 4.49. The quantitative estimate of drug-likeness (QED) is 0.295. The summed E-state index contributed by atoms with van der Waals surface area (Å²) in [5.41, 5.74) is 0. The predicted octanol–water partition coefficient (Wildman–Crippen LogP) is 2.03. The van der Waals surface area contributed by atoms with E-state index in [0.29, 0.717) is 4.75 Å². The molecular formula is C17H36IN5S. The van der Waals surface area contributed by atoms with Crippen LogP contribution < -0.4 is 5.32 Å². The van der Waals surface area contributed by atoms with E-state index in [1.54, 1.807) is 0 Å². The first kappa shape index (κ1) is 22.3. The van der Waals surface area contributed by atoms with E-state index in [4.69, 9.17) is 0 Å². The highest BCUT2D eigenvalue weighted by molar-refractivity contribution is 14.0. The summed E-state index contributed by atoms with van der Waals surface area (Å²) in [5, 5.41) is 3.57. The topological polar surface area (TPSA) is 34.1 Å². The highest BCUT2D eigenvalue weighted by Crippen LogP contribution is 2.29. The van der Waals surface area contributed by atoms with Gasteiger partial charge in [-0.25, -0.2) is 0 Å². The summed E-state index contributed by atoms with van der Waals surface area (Å²) in [6, 6.07) is 0. The summed E-state index contributed by atoms with van der Waals surface area (Å²) in [5.74, 6) is 2.27. The molecule has 7 heteroatoms. The average molecular weight is 469 g/mol. The van der Waals surface area contributed by atoms with Gasteiger partial charge in [-0.05, 0) is 53.4 Å². The molecule has 0 saturated carbocycles. The third-order valence-corrected chi connectivity index (χ3v) is 5.98. The molecule has 2 saturated heterocycles. The van der Waals surface area contributed by atoms with E-state index in [-0.39, 0.29) is 24.0 Å². The summed E-state index contributed by atoms with van der Waals surface area (Å²) in [6.07, 6.45) is 2.49. The van der Waals surface area contributed by atoms with Crippen LogP contribution in [0.15, 0.2) is 4.99 Å². The first-order chi connectivity index (χ1) is 11.0. The Labute approximate surface area is 170 Å². The van der Waals surface area contributed by atoms with Gasteiger partial charge in [0.2, 0.25) is 0 Å². The molecule has 2 fully saturated rings. The molecule has 2 rings (SSSR count). The van der Waals surface area contributed by atoms with Gasteiger partial charge in [0.1, 0.15) is 0 Å². The second-order valence-corrected chi connectivity index (χ2v) is 9.16. The van der Waals surface area contributed by atoms with Gasteiger partial charge in [-0.3, -0.25) is 4.99 Å². The molecule has 0 aromatic rings. The van der Waals surface area contributed by atoms with Crippen LogP contribution in [-0.2, 0) is 0 Å². The van der Waals surface area contributed by atoms with Crippen LogP contribution in [0.2, 0.25) is 0 Å². The lowest BCUT2D eigenvalue weighted by molar-refractivity contribution is 0.273. The van der Waals surface area contributed by atoms with E-state index in [2.05, 4.69) is 57.7 Å². The van der Waals surface area contributed by atoms with Crippen LogP contribution in [0.5, 0.6) is 0 Å². The number of aliphatic imine (C=N–C) groups is 1. The first-order valence-electron chi connectivity index (χ1n) is 9.01. The molecule has 0 radical (unpaired) electrons. The fourth-order valence-corrected chi connectivity index (χ4v) is 4.47. The van der Waals surface area contributed by atoms with Crippen LogP contribution in [0.25, 0.3) is 0 Å². The largest absolute Gasteiger partial charge is 0.356 e. The first-order valence-corrected chi connectivity index (χ1v) is 9.99. The number of nitrogens with one attached hydrogen (secondary N) is 1. The normalized spacial score (nSPS) is 23.5. The van der Waals surface area contributed by atoms with Crippen LogP contribution in [-0.4, -0.2) is 97.6 Å². The van der Waals surface area contributed by atoms with Crippen molar-refractivity contribution >= 4 is 41.7 Å². The maximum Gasteiger partial charge on any atom is 0.193 e. The average Bonchev–Trinajstić information content (AvgIpc) is 2.71. The number of guanidine groups is 1. The van der Waals surface area contributed by atoms with E-state index >= 15 is 0 Å². The van der Waals surface area contributed by atoms with Crippen LogP contribution in [0.4, 0.5) is 0 Å².